The molecular formula is C26H20BrNO8. The third kappa shape index (κ3) is 4.65. The Bertz CT molecular complexity index is 1450. The molecular weight excluding hydrogens is 534 g/mol. The van der Waals surface area contributed by atoms with Crippen molar-refractivity contribution in [2.75, 3.05) is 13.2 Å². The van der Waals surface area contributed by atoms with Crippen molar-refractivity contribution in [3.05, 3.63) is 81.5 Å². The van der Waals surface area contributed by atoms with E-state index in [9.17, 15) is 29.4 Å². The van der Waals surface area contributed by atoms with E-state index < -0.39 is 48.7 Å². The van der Waals surface area contributed by atoms with Crippen LogP contribution in [0.2, 0.25) is 0 Å². The summed E-state index contributed by atoms with van der Waals surface area (Å²) in [4.78, 5) is 54.5. The lowest BCUT2D eigenvalue weighted by atomic mass is 9.97. The van der Waals surface area contributed by atoms with Gasteiger partial charge in [0.2, 0.25) is 0 Å². The normalized spacial score (nSPS) is 15.5. The molecule has 36 heavy (non-hydrogen) atoms. The topological polar surface area (TPSA) is 140 Å². The Hall–Kier alpha value is -3.89. The summed E-state index contributed by atoms with van der Waals surface area (Å²) in [7, 11) is 0. The van der Waals surface area contributed by atoms with E-state index in [1.54, 1.807) is 24.3 Å². The first kappa shape index (κ1) is 25.2. The number of hydrogen-bond donors (Lipinski definition) is 2. The maximum atomic E-state index is 13.2. The van der Waals surface area contributed by atoms with Crippen LogP contribution in [-0.4, -0.2) is 58.0 Å². The van der Waals surface area contributed by atoms with Crippen molar-refractivity contribution in [1.29, 1.82) is 0 Å². The summed E-state index contributed by atoms with van der Waals surface area (Å²) in [5.74, 6) is -4.36. The summed E-state index contributed by atoms with van der Waals surface area (Å²) in [6.07, 6.45) is -1.26. The van der Waals surface area contributed by atoms with Crippen molar-refractivity contribution in [3.8, 4) is 5.75 Å². The van der Waals surface area contributed by atoms with Gasteiger partial charge in [0.25, 0.3) is 0 Å². The lowest BCUT2D eigenvalue weighted by molar-refractivity contribution is -0.142. The third-order valence-electron chi connectivity index (χ3n) is 5.58. The molecule has 0 saturated carbocycles. The first-order chi connectivity index (χ1) is 17.1. The van der Waals surface area contributed by atoms with Crippen LogP contribution in [0.4, 0.5) is 0 Å². The molecule has 4 rings (SSSR count). The minimum absolute atomic E-state index is 0.000803. The molecule has 1 aliphatic carbocycles. The van der Waals surface area contributed by atoms with E-state index in [1.165, 1.54) is 25.1 Å². The van der Waals surface area contributed by atoms with Gasteiger partial charge in [0.1, 0.15) is 30.9 Å². The second kappa shape index (κ2) is 10.00. The number of Topliss-reactive ketones (excluding diaryl/α,β-unsaturated/α-hetero) is 2. The fourth-order valence-corrected chi connectivity index (χ4v) is 4.29. The smallest absolute Gasteiger partial charge is 0.338 e. The van der Waals surface area contributed by atoms with Gasteiger partial charge in [-0.2, -0.15) is 0 Å². The molecule has 2 unspecified atom stereocenters. The number of aliphatic hydroxyl groups excluding tert-OH is 1. The van der Waals surface area contributed by atoms with Crippen LogP contribution in [0.25, 0.3) is 10.9 Å². The standard InChI is InChI=1S/C26H20BrNO8/c1-12(2)25(33)35-10-14(29)11-36-26(34)13-7-8-15-17(9-13)23(31)19(22(15)30)21-24(32)20(27)16-5-3-4-6-18(16)28-21/h3-9,14,19,29,32H,1,10-11H2,2H3. The molecule has 2 atom stereocenters. The van der Waals surface area contributed by atoms with Gasteiger partial charge in [-0.25, -0.2) is 14.6 Å². The number of carbonyl (C=O) groups excluding carboxylic acids is 4. The number of aliphatic hydroxyl groups is 1. The highest BCUT2D eigenvalue weighted by Crippen LogP contribution is 2.42. The number of ketones is 2. The van der Waals surface area contributed by atoms with Gasteiger partial charge in [-0.1, -0.05) is 24.8 Å². The van der Waals surface area contributed by atoms with Crippen LogP contribution < -0.4 is 0 Å². The number of para-hydroxylation sites is 1. The van der Waals surface area contributed by atoms with Crippen LogP contribution >= 0.6 is 15.9 Å². The number of carbonyl (C=O) groups is 4. The SMILES string of the molecule is C=C(C)C(=O)OCC(O)COC(=O)c1ccc2c(c1)C(=O)C(c1nc3ccccc3c(Br)c1O)C2=O. The summed E-state index contributed by atoms with van der Waals surface area (Å²) in [6, 6.07) is 10.8. The molecule has 2 N–H and O–H groups in total. The quantitative estimate of drug-likeness (QED) is 0.255. The monoisotopic (exact) mass is 553 g/mol. The van der Waals surface area contributed by atoms with Crippen LogP contribution in [0.1, 0.15) is 49.6 Å². The summed E-state index contributed by atoms with van der Waals surface area (Å²) in [6.45, 7) is 4.02. The Balaban J connectivity index is 1.53. The van der Waals surface area contributed by atoms with Crippen molar-refractivity contribution in [3.63, 3.8) is 0 Å². The maximum absolute atomic E-state index is 13.2. The molecule has 1 aromatic heterocycles. The van der Waals surface area contributed by atoms with Gasteiger partial charge in [0.15, 0.2) is 17.3 Å². The van der Waals surface area contributed by atoms with Crippen molar-refractivity contribution in [1.82, 2.24) is 4.98 Å². The highest BCUT2D eigenvalue weighted by atomic mass is 79.9. The van der Waals surface area contributed by atoms with Crippen molar-refractivity contribution in [2.45, 2.75) is 18.9 Å². The number of pyridine rings is 1. The van der Waals surface area contributed by atoms with Crippen LogP contribution in [0.3, 0.4) is 0 Å². The van der Waals surface area contributed by atoms with Gasteiger partial charge < -0.3 is 19.7 Å². The lowest BCUT2D eigenvalue weighted by Gasteiger charge is -2.12. The van der Waals surface area contributed by atoms with Crippen LogP contribution in [0.15, 0.2) is 59.1 Å². The zero-order valence-electron chi connectivity index (χ0n) is 19.0. The minimum Gasteiger partial charge on any atom is -0.505 e. The summed E-state index contributed by atoms with van der Waals surface area (Å²) >= 11 is 3.31. The average Bonchev–Trinajstić information content (AvgIpc) is 3.12. The fourth-order valence-electron chi connectivity index (χ4n) is 3.75. The Kier molecular flexibility index (Phi) is 7.00. The second-order valence-corrected chi connectivity index (χ2v) is 9.02. The Morgan fingerprint density at radius 3 is 2.47 bits per heavy atom. The highest BCUT2D eigenvalue weighted by molar-refractivity contribution is 9.10. The molecule has 2 aromatic carbocycles. The number of halogens is 1. The molecule has 0 radical (unpaired) electrons. The van der Waals surface area contributed by atoms with Crippen LogP contribution in [0, 0.1) is 0 Å². The van der Waals surface area contributed by atoms with Gasteiger partial charge in [-0.15, -0.1) is 0 Å². The molecule has 0 saturated heterocycles. The highest BCUT2D eigenvalue weighted by Gasteiger charge is 2.43. The molecule has 0 aliphatic heterocycles. The predicted molar refractivity (Wildman–Crippen MR) is 131 cm³/mol. The van der Waals surface area contributed by atoms with E-state index in [0.717, 1.165) is 0 Å². The van der Waals surface area contributed by atoms with Gasteiger partial charge in [0.05, 0.1) is 15.6 Å². The Labute approximate surface area is 213 Å². The number of hydrogen-bond acceptors (Lipinski definition) is 9. The van der Waals surface area contributed by atoms with E-state index in [0.29, 0.717) is 15.4 Å². The van der Waals surface area contributed by atoms with E-state index in [1.807, 2.05) is 0 Å². The molecule has 1 aliphatic rings. The lowest BCUT2D eigenvalue weighted by Crippen LogP contribution is -2.25. The van der Waals surface area contributed by atoms with Crippen LogP contribution in [0.5, 0.6) is 5.75 Å². The first-order valence-corrected chi connectivity index (χ1v) is 11.6. The molecule has 0 fully saturated rings. The molecule has 3 aromatic rings. The number of rotatable bonds is 7. The number of aromatic nitrogens is 1. The number of nitrogens with zero attached hydrogens (tertiary/aromatic N) is 1. The van der Waals surface area contributed by atoms with Gasteiger partial charge in [-0.05, 0) is 47.1 Å². The molecule has 0 spiro atoms. The zero-order chi connectivity index (χ0) is 26.1. The van der Waals surface area contributed by atoms with Gasteiger partial charge in [0, 0.05) is 22.1 Å². The van der Waals surface area contributed by atoms with E-state index in [2.05, 4.69) is 27.5 Å². The summed E-state index contributed by atoms with van der Waals surface area (Å²) in [5, 5.41) is 21.2. The van der Waals surface area contributed by atoms with Gasteiger partial charge >= 0.3 is 11.9 Å². The number of ether oxygens (including phenoxy) is 2. The third-order valence-corrected chi connectivity index (χ3v) is 6.38. The number of esters is 2. The van der Waals surface area contributed by atoms with E-state index in [-0.39, 0.29) is 33.7 Å². The average molecular weight is 554 g/mol. The molecule has 0 bridgehead atoms. The predicted octanol–water partition coefficient (Wildman–Crippen LogP) is 3.50. The largest absolute Gasteiger partial charge is 0.505 e. The molecule has 10 heteroatoms. The minimum atomic E-state index is -1.36. The maximum Gasteiger partial charge on any atom is 0.338 e. The summed E-state index contributed by atoms with van der Waals surface area (Å²) < 4.78 is 10.2. The van der Waals surface area contributed by atoms with Crippen molar-refractivity contribution >= 4 is 50.3 Å². The zero-order valence-corrected chi connectivity index (χ0v) is 20.6. The van der Waals surface area contributed by atoms with E-state index >= 15 is 0 Å². The van der Waals surface area contributed by atoms with Crippen molar-refractivity contribution < 1.29 is 38.9 Å². The van der Waals surface area contributed by atoms with E-state index in [4.69, 9.17) is 9.47 Å². The number of aromatic hydroxyl groups is 1. The molecule has 184 valence electrons. The van der Waals surface area contributed by atoms with Gasteiger partial charge in [-0.3, -0.25) is 9.59 Å². The molecule has 1 heterocycles. The molecule has 0 amide bonds. The Morgan fingerprint density at radius 2 is 1.75 bits per heavy atom. The molecule has 9 nitrogen and oxygen atoms in total. The Morgan fingerprint density at radius 1 is 1.08 bits per heavy atom. The number of benzene rings is 2. The fraction of sp³-hybridized carbons (Fsp3) is 0.192. The van der Waals surface area contributed by atoms with Crippen LogP contribution in [-0.2, 0) is 14.3 Å². The number of fused-ring (bicyclic) bond motifs is 2. The summed E-state index contributed by atoms with van der Waals surface area (Å²) in [5.41, 5.74) is 0.654. The second-order valence-electron chi connectivity index (χ2n) is 8.23. The van der Waals surface area contributed by atoms with Crippen molar-refractivity contribution in [2.24, 2.45) is 0 Å². The first-order valence-electron chi connectivity index (χ1n) is 10.8.